The molecular weight excluding hydrogens is 530 g/mol. The van der Waals surface area contributed by atoms with Crippen molar-refractivity contribution in [3.8, 4) is 0 Å². The van der Waals surface area contributed by atoms with Crippen LogP contribution < -0.4 is 0 Å². The maximum Gasteiger partial charge on any atom is 0.310 e. The Morgan fingerprint density at radius 3 is 2.17 bits per heavy atom. The van der Waals surface area contributed by atoms with E-state index in [4.69, 9.17) is 4.74 Å². The fourth-order valence-electron chi connectivity index (χ4n) is 5.54. The Balaban J connectivity index is 1.54. The number of aryl methyl sites for hydroxylation is 2. The van der Waals surface area contributed by atoms with Gasteiger partial charge in [-0.05, 0) is 92.0 Å². The standard InChI is InChI=1S/C37H46F2O3/c1-4-6-11-30-25-34(39)22-19-31(30)26-36(40)42-23-9-7-8-12-35(29-17-20-33(38)21-18-29)37(41)32(10-5-2)24-28-15-13-27(3)14-16-28/h13-22,25,32,35H,4-12,23-24,26H2,1-3H3. The van der Waals surface area contributed by atoms with Gasteiger partial charge < -0.3 is 4.74 Å². The Morgan fingerprint density at radius 1 is 0.762 bits per heavy atom. The fraction of sp³-hybridized carbons (Fsp3) is 0.459. The van der Waals surface area contributed by atoms with Gasteiger partial charge >= 0.3 is 5.97 Å². The van der Waals surface area contributed by atoms with Gasteiger partial charge in [0, 0.05) is 11.8 Å². The van der Waals surface area contributed by atoms with E-state index in [2.05, 4.69) is 45.0 Å². The van der Waals surface area contributed by atoms with Gasteiger partial charge in [0.2, 0.25) is 0 Å². The summed E-state index contributed by atoms with van der Waals surface area (Å²) in [6.45, 7) is 6.55. The number of hydrogen-bond acceptors (Lipinski definition) is 3. The van der Waals surface area contributed by atoms with E-state index >= 15 is 0 Å². The molecule has 226 valence electrons. The zero-order chi connectivity index (χ0) is 30.3. The zero-order valence-electron chi connectivity index (χ0n) is 25.5. The number of unbranched alkanes of at least 4 members (excludes halogenated alkanes) is 3. The highest BCUT2D eigenvalue weighted by molar-refractivity contribution is 5.88. The van der Waals surface area contributed by atoms with Gasteiger partial charge in [0.25, 0.3) is 0 Å². The Morgan fingerprint density at radius 2 is 1.48 bits per heavy atom. The SMILES string of the molecule is CCCCc1cc(F)ccc1CC(=O)OCCCCCC(C(=O)C(CCC)Cc1ccc(C)cc1)c1ccc(F)cc1. The number of halogens is 2. The van der Waals surface area contributed by atoms with Gasteiger partial charge in [-0.15, -0.1) is 0 Å². The van der Waals surface area contributed by atoms with E-state index in [-0.39, 0.29) is 41.6 Å². The average Bonchev–Trinajstić information content (AvgIpc) is 2.98. The molecule has 5 heteroatoms. The number of hydrogen-bond donors (Lipinski definition) is 0. The summed E-state index contributed by atoms with van der Waals surface area (Å²) in [7, 11) is 0. The van der Waals surface area contributed by atoms with Crippen molar-refractivity contribution in [1.82, 2.24) is 0 Å². The van der Waals surface area contributed by atoms with E-state index in [9.17, 15) is 18.4 Å². The van der Waals surface area contributed by atoms with Gasteiger partial charge in [-0.1, -0.05) is 87.6 Å². The number of benzene rings is 3. The van der Waals surface area contributed by atoms with Gasteiger partial charge in [-0.2, -0.15) is 0 Å². The Labute approximate surface area is 250 Å². The number of rotatable bonds is 18. The summed E-state index contributed by atoms with van der Waals surface area (Å²) in [4.78, 5) is 26.4. The Bertz CT molecular complexity index is 1250. The predicted molar refractivity (Wildman–Crippen MR) is 166 cm³/mol. The van der Waals surface area contributed by atoms with Crippen molar-refractivity contribution in [3.05, 3.63) is 106 Å². The molecule has 0 aromatic heterocycles. The number of Topliss-reactive ketones (excluding diaryl/α,β-unsaturated/α-hetero) is 1. The lowest BCUT2D eigenvalue weighted by molar-refractivity contribution is -0.143. The second kappa shape index (κ2) is 17.6. The highest BCUT2D eigenvalue weighted by Gasteiger charge is 2.28. The fourth-order valence-corrected chi connectivity index (χ4v) is 5.54. The van der Waals surface area contributed by atoms with Crippen LogP contribution in [0.5, 0.6) is 0 Å². The van der Waals surface area contributed by atoms with Crippen molar-refractivity contribution >= 4 is 11.8 Å². The smallest absolute Gasteiger partial charge is 0.310 e. The first kappa shape index (κ1) is 33.2. The van der Waals surface area contributed by atoms with Gasteiger partial charge in [0.05, 0.1) is 13.0 Å². The molecule has 0 aliphatic rings. The largest absolute Gasteiger partial charge is 0.465 e. The molecule has 0 N–H and O–H groups in total. The van der Waals surface area contributed by atoms with E-state index in [1.165, 1.54) is 29.8 Å². The van der Waals surface area contributed by atoms with Crippen LogP contribution in [-0.2, 0) is 33.6 Å². The van der Waals surface area contributed by atoms with Gasteiger partial charge in [-0.3, -0.25) is 9.59 Å². The van der Waals surface area contributed by atoms with Crippen molar-refractivity contribution < 1.29 is 23.1 Å². The summed E-state index contributed by atoms with van der Waals surface area (Å²) < 4.78 is 32.9. The van der Waals surface area contributed by atoms with Crippen molar-refractivity contribution in [2.45, 2.75) is 97.3 Å². The van der Waals surface area contributed by atoms with Crippen LogP contribution in [0.25, 0.3) is 0 Å². The quantitative estimate of drug-likeness (QED) is 0.112. The third-order valence-corrected chi connectivity index (χ3v) is 7.96. The summed E-state index contributed by atoms with van der Waals surface area (Å²) in [5, 5.41) is 0. The number of ether oxygens (including phenoxy) is 1. The summed E-state index contributed by atoms with van der Waals surface area (Å²) in [6.07, 6.45) is 8.24. The van der Waals surface area contributed by atoms with Crippen LogP contribution in [0.4, 0.5) is 8.78 Å². The monoisotopic (exact) mass is 576 g/mol. The minimum absolute atomic E-state index is 0.0950. The second-order valence-corrected chi connectivity index (χ2v) is 11.4. The molecule has 0 fully saturated rings. The molecule has 3 rings (SSSR count). The number of carbonyl (C=O) groups is 2. The molecule has 0 aliphatic heterocycles. The summed E-state index contributed by atoms with van der Waals surface area (Å²) in [5.74, 6) is -1.08. The highest BCUT2D eigenvalue weighted by Crippen LogP contribution is 2.30. The molecule has 0 radical (unpaired) electrons. The van der Waals surface area contributed by atoms with Crippen LogP contribution >= 0.6 is 0 Å². The molecule has 0 saturated heterocycles. The first-order chi connectivity index (χ1) is 20.3. The third-order valence-electron chi connectivity index (χ3n) is 7.96. The van der Waals surface area contributed by atoms with Crippen LogP contribution in [0.15, 0.2) is 66.7 Å². The first-order valence-electron chi connectivity index (χ1n) is 15.6. The van der Waals surface area contributed by atoms with Crippen molar-refractivity contribution in [2.24, 2.45) is 5.92 Å². The van der Waals surface area contributed by atoms with Gasteiger partial charge in [0.1, 0.15) is 17.4 Å². The molecule has 3 aromatic rings. The van der Waals surface area contributed by atoms with Crippen LogP contribution in [-0.4, -0.2) is 18.4 Å². The number of ketones is 1. The van der Waals surface area contributed by atoms with Gasteiger partial charge in [0.15, 0.2) is 0 Å². The Kier molecular flexibility index (Phi) is 13.9. The number of carbonyl (C=O) groups excluding carboxylic acids is 2. The molecule has 0 spiro atoms. The highest BCUT2D eigenvalue weighted by atomic mass is 19.1. The molecule has 0 heterocycles. The third kappa shape index (κ3) is 10.8. The second-order valence-electron chi connectivity index (χ2n) is 11.4. The van der Waals surface area contributed by atoms with Crippen LogP contribution in [0.2, 0.25) is 0 Å². The maximum atomic E-state index is 13.9. The minimum atomic E-state index is -0.311. The molecule has 0 saturated carbocycles. The molecule has 0 bridgehead atoms. The lowest BCUT2D eigenvalue weighted by atomic mass is 9.79. The van der Waals surface area contributed by atoms with E-state index in [1.807, 2.05) is 0 Å². The van der Waals surface area contributed by atoms with Crippen LogP contribution in [0.1, 0.15) is 98.9 Å². The molecule has 0 amide bonds. The summed E-state index contributed by atoms with van der Waals surface area (Å²) in [6, 6.07) is 19.3. The minimum Gasteiger partial charge on any atom is -0.465 e. The summed E-state index contributed by atoms with van der Waals surface area (Å²) >= 11 is 0. The van der Waals surface area contributed by atoms with Crippen molar-refractivity contribution in [3.63, 3.8) is 0 Å². The molecule has 2 unspecified atom stereocenters. The lowest BCUT2D eigenvalue weighted by Gasteiger charge is -2.23. The van der Waals surface area contributed by atoms with Crippen molar-refractivity contribution in [1.29, 1.82) is 0 Å². The predicted octanol–water partition coefficient (Wildman–Crippen LogP) is 9.27. The number of esters is 1. The topological polar surface area (TPSA) is 43.4 Å². The molecular formula is C37H46F2O3. The zero-order valence-corrected chi connectivity index (χ0v) is 25.5. The van der Waals surface area contributed by atoms with Crippen LogP contribution in [0.3, 0.4) is 0 Å². The lowest BCUT2D eigenvalue weighted by Crippen LogP contribution is -2.24. The van der Waals surface area contributed by atoms with E-state index in [1.54, 1.807) is 18.2 Å². The molecule has 3 nitrogen and oxygen atoms in total. The van der Waals surface area contributed by atoms with Crippen molar-refractivity contribution in [2.75, 3.05) is 6.61 Å². The maximum absolute atomic E-state index is 13.9. The molecule has 2 atom stereocenters. The summed E-state index contributed by atoms with van der Waals surface area (Å²) in [5.41, 5.74) is 4.90. The molecule has 42 heavy (non-hydrogen) atoms. The first-order valence-corrected chi connectivity index (χ1v) is 15.6. The van der Waals surface area contributed by atoms with E-state index in [0.29, 0.717) is 25.9 Å². The Hall–Kier alpha value is -3.34. The normalized spacial score (nSPS) is 12.6. The van der Waals surface area contributed by atoms with E-state index in [0.717, 1.165) is 67.2 Å². The van der Waals surface area contributed by atoms with Crippen LogP contribution in [0, 0.1) is 24.5 Å². The molecule has 0 aliphatic carbocycles. The molecule has 3 aromatic carbocycles. The average molecular weight is 577 g/mol. The van der Waals surface area contributed by atoms with E-state index < -0.39 is 0 Å². The van der Waals surface area contributed by atoms with Gasteiger partial charge in [-0.25, -0.2) is 8.78 Å².